The maximum Gasteiger partial charge on any atom is 0.324 e. The number of nitrogens with one attached hydrogen (secondary N) is 1. The van der Waals surface area contributed by atoms with E-state index in [1.165, 1.54) is 12.8 Å². The number of nitrogens with zero attached hydrogens (tertiary/aromatic N) is 5. The molecule has 1 aromatic heterocycles. The summed E-state index contributed by atoms with van der Waals surface area (Å²) in [6, 6.07) is 0.608. The highest BCUT2D eigenvalue weighted by Gasteiger charge is 2.34. The number of hydrogen-bond donors (Lipinski definition) is 1. The lowest BCUT2D eigenvalue weighted by Crippen LogP contribution is -2.55. The molecule has 0 atom stereocenters. The molecule has 2 saturated heterocycles. The summed E-state index contributed by atoms with van der Waals surface area (Å²) >= 11 is 0. The molecule has 3 heterocycles. The number of carbonyl (C=O) groups is 2. The summed E-state index contributed by atoms with van der Waals surface area (Å²) in [7, 11) is 1.81. The molecule has 1 saturated carbocycles. The summed E-state index contributed by atoms with van der Waals surface area (Å²) in [5, 5.41) is 7.50. The molecule has 0 unspecified atom stereocenters. The summed E-state index contributed by atoms with van der Waals surface area (Å²) in [6.45, 7) is 2.78. The predicted octanol–water partition coefficient (Wildman–Crippen LogP) is 1.26. The van der Waals surface area contributed by atoms with Gasteiger partial charge in [0.25, 0.3) is 0 Å². The van der Waals surface area contributed by atoms with Crippen molar-refractivity contribution in [2.75, 3.05) is 38.1 Å². The largest absolute Gasteiger partial charge is 0.335 e. The molecule has 0 aromatic carbocycles. The highest BCUT2D eigenvalue weighted by Crippen LogP contribution is 2.25. The summed E-state index contributed by atoms with van der Waals surface area (Å²) in [4.78, 5) is 29.5. The maximum atomic E-state index is 12.2. The number of likely N-dealkylation sites (N-methyl/N-ethyl adjacent to an activating group) is 1. The van der Waals surface area contributed by atoms with Crippen molar-refractivity contribution in [1.82, 2.24) is 24.9 Å². The van der Waals surface area contributed by atoms with Gasteiger partial charge in [-0.1, -0.05) is 12.8 Å². The fourth-order valence-electron chi connectivity index (χ4n) is 3.68. The third-order valence-electron chi connectivity index (χ3n) is 5.32. The minimum Gasteiger partial charge on any atom is -0.335 e. The predicted molar refractivity (Wildman–Crippen MR) is 89.0 cm³/mol. The van der Waals surface area contributed by atoms with Gasteiger partial charge in [-0.25, -0.2) is 9.59 Å². The second-order valence-electron chi connectivity index (χ2n) is 7.02. The number of carbonyl (C=O) groups excluding carboxylic acids is 2. The Bertz CT molecular complexity index is 632. The van der Waals surface area contributed by atoms with Crippen molar-refractivity contribution in [1.29, 1.82) is 0 Å². The average molecular weight is 332 g/mol. The third kappa shape index (κ3) is 2.70. The van der Waals surface area contributed by atoms with Crippen LogP contribution in [0.25, 0.3) is 0 Å². The standard InChI is InChI=1S/C16H24N6O2/c1-19-6-7-21(16(19)24)13-8-17-22(11-13)14-9-20(10-14)15(23)18-12-4-2-3-5-12/h8,11-12,14H,2-7,9-10H2,1H3,(H,18,23). The van der Waals surface area contributed by atoms with Gasteiger partial charge >= 0.3 is 12.1 Å². The Morgan fingerprint density at radius 2 is 2.00 bits per heavy atom. The Morgan fingerprint density at radius 3 is 2.67 bits per heavy atom. The summed E-state index contributed by atoms with van der Waals surface area (Å²) in [5.74, 6) is 0. The molecule has 3 aliphatic rings. The van der Waals surface area contributed by atoms with Crippen LogP contribution in [0.4, 0.5) is 15.3 Å². The summed E-state index contributed by atoms with van der Waals surface area (Å²) < 4.78 is 1.88. The molecule has 8 nitrogen and oxygen atoms in total. The van der Waals surface area contributed by atoms with E-state index >= 15 is 0 Å². The van der Waals surface area contributed by atoms with Crippen molar-refractivity contribution in [2.24, 2.45) is 0 Å². The summed E-state index contributed by atoms with van der Waals surface area (Å²) in [5.41, 5.74) is 0.832. The zero-order valence-electron chi connectivity index (χ0n) is 14.0. The molecule has 4 rings (SSSR count). The molecule has 1 aliphatic carbocycles. The van der Waals surface area contributed by atoms with E-state index in [4.69, 9.17) is 0 Å². The molecular weight excluding hydrogens is 308 g/mol. The number of anilines is 1. The van der Waals surface area contributed by atoms with E-state index in [9.17, 15) is 9.59 Å². The molecule has 3 fully saturated rings. The van der Waals surface area contributed by atoms with E-state index in [1.807, 2.05) is 15.8 Å². The van der Waals surface area contributed by atoms with Crippen LogP contribution in [0, 0.1) is 0 Å². The highest BCUT2D eigenvalue weighted by atomic mass is 16.2. The van der Waals surface area contributed by atoms with Crippen molar-refractivity contribution in [3.05, 3.63) is 12.4 Å². The normalized spacial score (nSPS) is 22.4. The average Bonchev–Trinajstić information content (AvgIpc) is 3.22. The number of aromatic nitrogens is 2. The topological polar surface area (TPSA) is 73.7 Å². The van der Waals surface area contributed by atoms with E-state index in [1.54, 1.807) is 23.0 Å². The van der Waals surface area contributed by atoms with Crippen molar-refractivity contribution < 1.29 is 9.59 Å². The monoisotopic (exact) mass is 332 g/mol. The Kier molecular flexibility index (Phi) is 3.82. The van der Waals surface area contributed by atoms with E-state index in [0.717, 1.165) is 25.1 Å². The van der Waals surface area contributed by atoms with Crippen LogP contribution in [0.1, 0.15) is 31.7 Å². The molecule has 4 amide bonds. The number of hydrogen-bond acceptors (Lipinski definition) is 3. The zero-order valence-corrected chi connectivity index (χ0v) is 14.0. The molecule has 24 heavy (non-hydrogen) atoms. The third-order valence-corrected chi connectivity index (χ3v) is 5.32. The first-order valence-electron chi connectivity index (χ1n) is 8.74. The first-order valence-corrected chi connectivity index (χ1v) is 8.74. The molecule has 2 aliphatic heterocycles. The minimum absolute atomic E-state index is 0.0146. The van der Waals surface area contributed by atoms with Crippen molar-refractivity contribution >= 4 is 17.7 Å². The highest BCUT2D eigenvalue weighted by molar-refractivity contribution is 5.93. The molecule has 0 spiro atoms. The SMILES string of the molecule is CN1CCN(c2cnn(C3CN(C(=O)NC4CCCC4)C3)c2)C1=O. The first kappa shape index (κ1) is 15.3. The van der Waals surface area contributed by atoms with Gasteiger partial charge in [0.2, 0.25) is 0 Å². The number of likely N-dealkylation sites (tertiary alicyclic amines) is 1. The van der Waals surface area contributed by atoms with Crippen LogP contribution < -0.4 is 10.2 Å². The Morgan fingerprint density at radius 1 is 1.25 bits per heavy atom. The van der Waals surface area contributed by atoms with Crippen molar-refractivity contribution in [3.8, 4) is 0 Å². The Hall–Kier alpha value is -2.25. The molecule has 130 valence electrons. The van der Waals surface area contributed by atoms with E-state index in [-0.39, 0.29) is 18.1 Å². The van der Waals surface area contributed by atoms with Gasteiger partial charge in [0, 0.05) is 45.5 Å². The lowest BCUT2D eigenvalue weighted by Gasteiger charge is -2.39. The van der Waals surface area contributed by atoms with Crippen LogP contribution in [0.3, 0.4) is 0 Å². The van der Waals surface area contributed by atoms with Crippen LogP contribution in [0.2, 0.25) is 0 Å². The van der Waals surface area contributed by atoms with Gasteiger partial charge in [0.15, 0.2) is 0 Å². The van der Waals surface area contributed by atoms with Crippen molar-refractivity contribution in [2.45, 2.75) is 37.8 Å². The Labute approximate surface area is 141 Å². The molecular formula is C16H24N6O2. The van der Waals surface area contributed by atoms with Crippen LogP contribution in [-0.2, 0) is 0 Å². The van der Waals surface area contributed by atoms with Gasteiger partial charge in [0.1, 0.15) is 0 Å². The zero-order chi connectivity index (χ0) is 16.7. The van der Waals surface area contributed by atoms with Crippen LogP contribution in [-0.4, -0.2) is 70.9 Å². The smallest absolute Gasteiger partial charge is 0.324 e. The van der Waals surface area contributed by atoms with Gasteiger partial charge in [-0.05, 0) is 12.8 Å². The first-order chi connectivity index (χ1) is 11.6. The molecule has 8 heteroatoms. The van der Waals surface area contributed by atoms with Gasteiger partial charge in [-0.3, -0.25) is 9.58 Å². The van der Waals surface area contributed by atoms with E-state index < -0.39 is 0 Å². The summed E-state index contributed by atoms with van der Waals surface area (Å²) in [6.07, 6.45) is 8.28. The lowest BCUT2D eigenvalue weighted by molar-refractivity contribution is 0.116. The van der Waals surface area contributed by atoms with E-state index in [0.29, 0.717) is 25.7 Å². The van der Waals surface area contributed by atoms with Crippen molar-refractivity contribution in [3.63, 3.8) is 0 Å². The van der Waals surface area contributed by atoms with Gasteiger partial charge in [-0.2, -0.15) is 5.10 Å². The second kappa shape index (κ2) is 5.99. The quantitative estimate of drug-likeness (QED) is 0.906. The lowest BCUT2D eigenvalue weighted by atomic mass is 10.1. The van der Waals surface area contributed by atoms with Crippen LogP contribution >= 0.6 is 0 Å². The van der Waals surface area contributed by atoms with E-state index in [2.05, 4.69) is 10.4 Å². The number of rotatable bonds is 3. The Balaban J connectivity index is 1.31. The second-order valence-corrected chi connectivity index (χ2v) is 7.02. The molecule has 0 radical (unpaired) electrons. The fourth-order valence-corrected chi connectivity index (χ4v) is 3.68. The van der Waals surface area contributed by atoms with Gasteiger partial charge in [0.05, 0.1) is 17.9 Å². The van der Waals surface area contributed by atoms with Crippen LogP contribution in [0.5, 0.6) is 0 Å². The fraction of sp³-hybridized carbons (Fsp3) is 0.688. The van der Waals surface area contributed by atoms with Gasteiger partial charge < -0.3 is 15.1 Å². The molecule has 0 bridgehead atoms. The minimum atomic E-state index is 0.0146. The maximum absolute atomic E-state index is 12.2. The number of amides is 4. The molecule has 1 aromatic rings. The van der Waals surface area contributed by atoms with Gasteiger partial charge in [-0.15, -0.1) is 0 Å². The molecule has 1 N–H and O–H groups in total. The number of urea groups is 2. The van der Waals surface area contributed by atoms with Crippen LogP contribution in [0.15, 0.2) is 12.4 Å².